The van der Waals surface area contributed by atoms with E-state index in [0.717, 1.165) is 6.07 Å². The summed E-state index contributed by atoms with van der Waals surface area (Å²) in [5.74, 6) is -0.407. The van der Waals surface area contributed by atoms with Crippen LogP contribution >= 0.6 is 15.9 Å². The van der Waals surface area contributed by atoms with Gasteiger partial charge in [-0.3, -0.25) is 0 Å². The normalized spacial score (nSPS) is 10.4. The molecule has 0 aliphatic carbocycles. The number of phenolic OH excluding ortho intramolecular Hbond substituents is 1. The molecule has 0 saturated heterocycles. The topological polar surface area (TPSA) is 55.5 Å². The minimum absolute atomic E-state index is 0.210. The molecule has 0 saturated carbocycles. The van der Waals surface area contributed by atoms with Crippen molar-refractivity contribution >= 4 is 15.9 Å². The number of halogens is 2. The van der Waals surface area contributed by atoms with Crippen LogP contribution in [0.2, 0.25) is 0 Å². The first kappa shape index (κ1) is 12.3. The van der Waals surface area contributed by atoms with E-state index in [4.69, 9.17) is 10.5 Å². The number of hydrogen-bond acceptors (Lipinski definition) is 3. The summed E-state index contributed by atoms with van der Waals surface area (Å²) in [5.41, 5.74) is 5.84. The molecule has 3 N–H and O–H groups in total. The summed E-state index contributed by atoms with van der Waals surface area (Å²) >= 11 is 3.21. The SMILES string of the molecule is COc1c(O)cc(F)c(CCCN)c1Br. The van der Waals surface area contributed by atoms with Gasteiger partial charge in [-0.2, -0.15) is 0 Å². The second kappa shape index (κ2) is 5.32. The van der Waals surface area contributed by atoms with Crippen LogP contribution in [0.5, 0.6) is 11.5 Å². The number of benzene rings is 1. The van der Waals surface area contributed by atoms with E-state index in [-0.39, 0.29) is 11.5 Å². The highest BCUT2D eigenvalue weighted by Crippen LogP contribution is 2.38. The molecule has 0 aliphatic heterocycles. The lowest BCUT2D eigenvalue weighted by Gasteiger charge is -2.11. The third-order valence-corrected chi connectivity index (χ3v) is 2.92. The first-order chi connectivity index (χ1) is 7.11. The largest absolute Gasteiger partial charge is 0.504 e. The zero-order valence-electron chi connectivity index (χ0n) is 8.39. The van der Waals surface area contributed by atoms with E-state index in [9.17, 15) is 9.50 Å². The van der Waals surface area contributed by atoms with Crippen LogP contribution in [0, 0.1) is 5.82 Å². The van der Waals surface area contributed by atoms with Gasteiger partial charge in [0.25, 0.3) is 0 Å². The van der Waals surface area contributed by atoms with Gasteiger partial charge in [0.1, 0.15) is 5.82 Å². The average Bonchev–Trinajstić information content (AvgIpc) is 2.17. The van der Waals surface area contributed by atoms with Gasteiger partial charge in [-0.1, -0.05) is 0 Å². The Bertz CT molecular complexity index is 358. The van der Waals surface area contributed by atoms with Gasteiger partial charge in [0.2, 0.25) is 0 Å². The Hall–Kier alpha value is -0.810. The molecule has 1 aromatic rings. The number of phenols is 1. The minimum atomic E-state index is -0.450. The third kappa shape index (κ3) is 2.60. The third-order valence-electron chi connectivity index (χ3n) is 2.08. The molecule has 0 heterocycles. The van der Waals surface area contributed by atoms with Gasteiger partial charge in [-0.25, -0.2) is 4.39 Å². The lowest BCUT2D eigenvalue weighted by molar-refractivity contribution is 0.367. The molecule has 0 bridgehead atoms. The van der Waals surface area contributed by atoms with Crippen LogP contribution < -0.4 is 10.5 Å². The van der Waals surface area contributed by atoms with Crippen molar-refractivity contribution in [2.75, 3.05) is 13.7 Å². The van der Waals surface area contributed by atoms with Crippen LogP contribution in [0.15, 0.2) is 10.5 Å². The predicted molar refractivity (Wildman–Crippen MR) is 59.7 cm³/mol. The summed E-state index contributed by atoms with van der Waals surface area (Å²) in [6, 6.07) is 1.05. The molecule has 15 heavy (non-hydrogen) atoms. The minimum Gasteiger partial charge on any atom is -0.504 e. The van der Waals surface area contributed by atoms with Crippen molar-refractivity contribution in [2.45, 2.75) is 12.8 Å². The summed E-state index contributed by atoms with van der Waals surface area (Å²) in [7, 11) is 1.42. The highest BCUT2D eigenvalue weighted by Gasteiger charge is 2.16. The van der Waals surface area contributed by atoms with Crippen molar-refractivity contribution in [2.24, 2.45) is 5.73 Å². The number of ether oxygens (including phenoxy) is 1. The molecule has 5 heteroatoms. The van der Waals surface area contributed by atoms with Crippen LogP contribution in [0.3, 0.4) is 0 Å². The van der Waals surface area contributed by atoms with E-state index in [0.29, 0.717) is 29.4 Å². The van der Waals surface area contributed by atoms with Gasteiger partial charge in [0.05, 0.1) is 11.6 Å². The number of rotatable bonds is 4. The molecule has 1 aromatic carbocycles. The fraction of sp³-hybridized carbons (Fsp3) is 0.400. The van der Waals surface area contributed by atoms with Crippen molar-refractivity contribution in [3.05, 3.63) is 21.9 Å². The number of hydrogen-bond donors (Lipinski definition) is 2. The molecule has 1 rings (SSSR count). The van der Waals surface area contributed by atoms with Gasteiger partial charge in [-0.05, 0) is 35.3 Å². The average molecular weight is 278 g/mol. The van der Waals surface area contributed by atoms with Gasteiger partial charge in [-0.15, -0.1) is 0 Å². The number of nitrogens with two attached hydrogens (primary N) is 1. The molecule has 0 unspecified atom stereocenters. The van der Waals surface area contributed by atoms with Gasteiger partial charge < -0.3 is 15.6 Å². The second-order valence-electron chi connectivity index (χ2n) is 3.10. The Balaban J connectivity index is 3.14. The lowest BCUT2D eigenvalue weighted by atomic mass is 10.1. The monoisotopic (exact) mass is 277 g/mol. The molecule has 84 valence electrons. The smallest absolute Gasteiger partial charge is 0.175 e. The van der Waals surface area contributed by atoms with E-state index in [2.05, 4.69) is 15.9 Å². The van der Waals surface area contributed by atoms with Crippen molar-refractivity contribution in [1.29, 1.82) is 0 Å². The fourth-order valence-electron chi connectivity index (χ4n) is 1.33. The molecule has 0 radical (unpaired) electrons. The Morgan fingerprint density at radius 2 is 2.27 bits per heavy atom. The molecular formula is C10H13BrFNO2. The number of methoxy groups -OCH3 is 1. The standard InChI is InChI=1S/C10H13BrFNO2/c1-15-10-8(14)5-7(12)6(9(10)11)3-2-4-13/h5,14H,2-4,13H2,1H3. The first-order valence-electron chi connectivity index (χ1n) is 4.55. The summed E-state index contributed by atoms with van der Waals surface area (Å²) in [5, 5.41) is 9.40. The highest BCUT2D eigenvalue weighted by atomic mass is 79.9. The van der Waals surface area contributed by atoms with E-state index in [1.165, 1.54) is 7.11 Å². The molecule has 0 spiro atoms. The molecular weight excluding hydrogens is 265 g/mol. The van der Waals surface area contributed by atoms with Crippen molar-refractivity contribution in [3.8, 4) is 11.5 Å². The van der Waals surface area contributed by atoms with Crippen molar-refractivity contribution < 1.29 is 14.2 Å². The summed E-state index contributed by atoms with van der Waals surface area (Å²) < 4.78 is 18.9. The molecule has 0 aromatic heterocycles. The van der Waals surface area contributed by atoms with Crippen LogP contribution in [-0.4, -0.2) is 18.8 Å². The van der Waals surface area contributed by atoms with Gasteiger partial charge in [0.15, 0.2) is 11.5 Å². The van der Waals surface area contributed by atoms with E-state index in [1.807, 2.05) is 0 Å². The molecule has 0 amide bonds. The maximum absolute atomic E-state index is 13.5. The molecule has 0 fully saturated rings. The zero-order valence-corrected chi connectivity index (χ0v) is 9.97. The van der Waals surface area contributed by atoms with Gasteiger partial charge >= 0.3 is 0 Å². The Labute approximate surface area is 96.2 Å². The summed E-state index contributed by atoms with van der Waals surface area (Å²) in [6.45, 7) is 0.495. The molecule has 3 nitrogen and oxygen atoms in total. The van der Waals surface area contributed by atoms with E-state index in [1.54, 1.807) is 0 Å². The number of aromatic hydroxyl groups is 1. The van der Waals surface area contributed by atoms with Crippen molar-refractivity contribution in [1.82, 2.24) is 0 Å². The maximum Gasteiger partial charge on any atom is 0.175 e. The molecule has 0 aliphatic rings. The molecule has 0 atom stereocenters. The summed E-state index contributed by atoms with van der Waals surface area (Å²) in [4.78, 5) is 0. The Morgan fingerprint density at radius 3 is 2.80 bits per heavy atom. The Morgan fingerprint density at radius 1 is 1.60 bits per heavy atom. The van der Waals surface area contributed by atoms with Crippen LogP contribution in [0.4, 0.5) is 4.39 Å². The maximum atomic E-state index is 13.5. The van der Waals surface area contributed by atoms with Crippen LogP contribution in [0.25, 0.3) is 0 Å². The highest BCUT2D eigenvalue weighted by molar-refractivity contribution is 9.10. The van der Waals surface area contributed by atoms with Gasteiger partial charge in [0, 0.05) is 11.6 Å². The van der Waals surface area contributed by atoms with E-state index >= 15 is 0 Å². The van der Waals surface area contributed by atoms with Crippen LogP contribution in [-0.2, 0) is 6.42 Å². The fourth-order valence-corrected chi connectivity index (χ4v) is 2.08. The lowest BCUT2D eigenvalue weighted by Crippen LogP contribution is -2.03. The zero-order chi connectivity index (χ0) is 11.4. The van der Waals surface area contributed by atoms with Crippen LogP contribution in [0.1, 0.15) is 12.0 Å². The quantitative estimate of drug-likeness (QED) is 0.887. The predicted octanol–water partition coefficient (Wildman–Crippen LogP) is 2.19. The Kier molecular flexibility index (Phi) is 4.35. The first-order valence-corrected chi connectivity index (χ1v) is 5.35. The summed E-state index contributed by atoms with van der Waals surface area (Å²) in [6.07, 6.45) is 1.20. The van der Waals surface area contributed by atoms with E-state index < -0.39 is 5.82 Å². The second-order valence-corrected chi connectivity index (χ2v) is 3.89. The van der Waals surface area contributed by atoms with Crippen molar-refractivity contribution in [3.63, 3.8) is 0 Å².